The van der Waals surface area contributed by atoms with Gasteiger partial charge in [-0.05, 0) is 44.0 Å². The molecule has 21 heavy (non-hydrogen) atoms. The Kier molecular flexibility index (Phi) is 3.87. The summed E-state index contributed by atoms with van der Waals surface area (Å²) in [6, 6.07) is 10.3. The first kappa shape index (κ1) is 13.6. The predicted octanol–water partition coefficient (Wildman–Crippen LogP) is 2.41. The van der Waals surface area contributed by atoms with E-state index in [1.807, 2.05) is 13.0 Å². The highest BCUT2D eigenvalue weighted by Crippen LogP contribution is 2.23. The van der Waals surface area contributed by atoms with Crippen molar-refractivity contribution in [3.05, 3.63) is 36.0 Å². The maximum absolute atomic E-state index is 5.36. The Morgan fingerprint density at radius 2 is 1.81 bits per heavy atom. The second-order valence-electron chi connectivity index (χ2n) is 5.23. The van der Waals surface area contributed by atoms with Crippen LogP contribution in [0.1, 0.15) is 18.5 Å². The minimum atomic E-state index is 0.409. The van der Waals surface area contributed by atoms with Gasteiger partial charge in [-0.1, -0.05) is 0 Å². The van der Waals surface area contributed by atoms with Crippen LogP contribution < -0.4 is 21.5 Å². The van der Waals surface area contributed by atoms with Crippen LogP contribution >= 0.6 is 0 Å². The standard InChI is InChI=1S/C15H20N6/c1-11-10-14(19-15(17-11)20-16)18-12-4-6-13(7-5-12)21-8-2-3-9-21/h4-7,10H,2-3,8-9,16H2,1H3,(H2,17,18,19,20). The Morgan fingerprint density at radius 3 is 2.48 bits per heavy atom. The largest absolute Gasteiger partial charge is 0.372 e. The molecule has 1 aliphatic heterocycles. The number of nitrogens with zero attached hydrogens (tertiary/aromatic N) is 3. The van der Waals surface area contributed by atoms with Gasteiger partial charge in [0.1, 0.15) is 5.82 Å². The highest BCUT2D eigenvalue weighted by atomic mass is 15.3. The Morgan fingerprint density at radius 1 is 1.10 bits per heavy atom. The molecule has 0 aliphatic carbocycles. The molecule has 6 nitrogen and oxygen atoms in total. The van der Waals surface area contributed by atoms with Crippen LogP contribution in [0.2, 0.25) is 0 Å². The quantitative estimate of drug-likeness (QED) is 0.591. The zero-order valence-corrected chi connectivity index (χ0v) is 12.1. The van der Waals surface area contributed by atoms with E-state index >= 15 is 0 Å². The molecule has 6 heteroatoms. The lowest BCUT2D eigenvalue weighted by Gasteiger charge is -2.18. The fourth-order valence-corrected chi connectivity index (χ4v) is 2.58. The van der Waals surface area contributed by atoms with Gasteiger partial charge in [0, 0.05) is 36.2 Å². The van der Waals surface area contributed by atoms with E-state index in [0.29, 0.717) is 5.95 Å². The first-order valence-corrected chi connectivity index (χ1v) is 7.19. The smallest absolute Gasteiger partial charge is 0.239 e. The number of aryl methyl sites for hydroxylation is 1. The average molecular weight is 284 g/mol. The van der Waals surface area contributed by atoms with E-state index in [9.17, 15) is 0 Å². The second-order valence-corrected chi connectivity index (χ2v) is 5.23. The summed E-state index contributed by atoms with van der Waals surface area (Å²) >= 11 is 0. The van der Waals surface area contributed by atoms with Crippen LogP contribution in [0.3, 0.4) is 0 Å². The number of hydrazine groups is 1. The third-order valence-corrected chi connectivity index (χ3v) is 3.59. The van der Waals surface area contributed by atoms with E-state index in [0.717, 1.165) is 30.3 Å². The van der Waals surface area contributed by atoms with Crippen LogP contribution in [0.5, 0.6) is 0 Å². The maximum Gasteiger partial charge on any atom is 0.239 e. The van der Waals surface area contributed by atoms with Crippen LogP contribution in [0.15, 0.2) is 30.3 Å². The third-order valence-electron chi connectivity index (χ3n) is 3.59. The van der Waals surface area contributed by atoms with Crippen LogP contribution in [0, 0.1) is 6.92 Å². The molecule has 0 amide bonds. The number of hydrogen-bond acceptors (Lipinski definition) is 6. The monoisotopic (exact) mass is 284 g/mol. The Labute approximate surface area is 124 Å². The van der Waals surface area contributed by atoms with E-state index < -0.39 is 0 Å². The molecule has 1 aromatic heterocycles. The summed E-state index contributed by atoms with van der Waals surface area (Å²) in [5.41, 5.74) is 5.60. The highest BCUT2D eigenvalue weighted by Gasteiger charge is 2.11. The van der Waals surface area contributed by atoms with Crippen LogP contribution in [-0.2, 0) is 0 Å². The summed E-state index contributed by atoms with van der Waals surface area (Å²) in [7, 11) is 0. The molecule has 0 spiro atoms. The molecule has 4 N–H and O–H groups in total. The van der Waals surface area contributed by atoms with Crippen molar-refractivity contribution in [3.8, 4) is 0 Å². The van der Waals surface area contributed by atoms with Gasteiger partial charge in [0.05, 0.1) is 0 Å². The number of aromatic nitrogens is 2. The SMILES string of the molecule is Cc1cc(Nc2ccc(N3CCCC3)cc2)nc(NN)n1. The predicted molar refractivity (Wildman–Crippen MR) is 85.8 cm³/mol. The van der Waals surface area contributed by atoms with Crippen molar-refractivity contribution in [1.82, 2.24) is 9.97 Å². The number of anilines is 4. The lowest BCUT2D eigenvalue weighted by molar-refractivity contribution is 0.949. The number of nitrogen functional groups attached to an aromatic ring is 1. The lowest BCUT2D eigenvalue weighted by Crippen LogP contribution is -2.17. The maximum atomic E-state index is 5.36. The summed E-state index contributed by atoms with van der Waals surface area (Å²) in [4.78, 5) is 10.9. The van der Waals surface area contributed by atoms with E-state index in [-0.39, 0.29) is 0 Å². The average Bonchev–Trinajstić information content (AvgIpc) is 3.01. The minimum absolute atomic E-state index is 0.409. The molecule has 1 fully saturated rings. The van der Waals surface area contributed by atoms with Gasteiger partial charge < -0.3 is 10.2 Å². The van der Waals surface area contributed by atoms with Crippen molar-refractivity contribution in [1.29, 1.82) is 0 Å². The molecule has 0 bridgehead atoms. The Balaban J connectivity index is 1.74. The highest BCUT2D eigenvalue weighted by molar-refractivity contribution is 5.61. The third kappa shape index (κ3) is 3.22. The molecular weight excluding hydrogens is 264 g/mol. The van der Waals surface area contributed by atoms with Crippen molar-refractivity contribution in [2.75, 3.05) is 28.7 Å². The van der Waals surface area contributed by atoms with Crippen molar-refractivity contribution in [2.24, 2.45) is 5.84 Å². The summed E-state index contributed by atoms with van der Waals surface area (Å²) in [5, 5.41) is 3.27. The van der Waals surface area contributed by atoms with Gasteiger partial charge >= 0.3 is 0 Å². The van der Waals surface area contributed by atoms with E-state index in [4.69, 9.17) is 5.84 Å². The Hall–Kier alpha value is -2.34. The fourth-order valence-electron chi connectivity index (χ4n) is 2.58. The summed E-state index contributed by atoms with van der Waals surface area (Å²) in [6.07, 6.45) is 2.57. The van der Waals surface area contributed by atoms with Gasteiger partial charge in [-0.25, -0.2) is 10.8 Å². The molecule has 2 heterocycles. The molecule has 0 atom stereocenters. The Bertz CT molecular complexity index is 604. The van der Waals surface area contributed by atoms with Crippen molar-refractivity contribution in [2.45, 2.75) is 19.8 Å². The fraction of sp³-hybridized carbons (Fsp3) is 0.333. The molecule has 1 aromatic carbocycles. The first-order valence-electron chi connectivity index (χ1n) is 7.19. The zero-order chi connectivity index (χ0) is 14.7. The second kappa shape index (κ2) is 5.97. The molecule has 1 saturated heterocycles. The number of nitrogens with two attached hydrogens (primary N) is 1. The lowest BCUT2D eigenvalue weighted by atomic mass is 10.2. The topological polar surface area (TPSA) is 79.1 Å². The molecular formula is C15H20N6. The van der Waals surface area contributed by atoms with Crippen molar-refractivity contribution < 1.29 is 0 Å². The van der Waals surface area contributed by atoms with Gasteiger partial charge in [0.15, 0.2) is 0 Å². The molecule has 1 aliphatic rings. The van der Waals surface area contributed by atoms with Gasteiger partial charge in [-0.3, -0.25) is 5.43 Å². The summed E-state index contributed by atoms with van der Waals surface area (Å²) < 4.78 is 0. The van der Waals surface area contributed by atoms with E-state index in [1.54, 1.807) is 0 Å². The summed E-state index contributed by atoms with van der Waals surface area (Å²) in [6.45, 7) is 4.22. The van der Waals surface area contributed by atoms with E-state index in [2.05, 4.69) is 49.9 Å². The van der Waals surface area contributed by atoms with Crippen molar-refractivity contribution in [3.63, 3.8) is 0 Å². The van der Waals surface area contributed by atoms with Gasteiger partial charge in [-0.2, -0.15) is 4.98 Å². The van der Waals surface area contributed by atoms with Crippen LogP contribution in [-0.4, -0.2) is 23.1 Å². The molecule has 2 aromatic rings. The molecule has 110 valence electrons. The van der Waals surface area contributed by atoms with Crippen LogP contribution in [0.25, 0.3) is 0 Å². The normalized spacial score (nSPS) is 14.3. The molecule has 0 saturated carbocycles. The molecule has 0 unspecified atom stereocenters. The number of hydrogen-bond donors (Lipinski definition) is 3. The summed E-state index contributed by atoms with van der Waals surface area (Å²) in [5.74, 6) is 6.50. The zero-order valence-electron chi connectivity index (χ0n) is 12.1. The van der Waals surface area contributed by atoms with Gasteiger partial charge in [-0.15, -0.1) is 0 Å². The van der Waals surface area contributed by atoms with Gasteiger partial charge in [0.2, 0.25) is 5.95 Å². The molecule has 3 rings (SSSR count). The number of nitrogens with one attached hydrogen (secondary N) is 2. The molecule has 0 radical (unpaired) electrons. The van der Waals surface area contributed by atoms with Crippen LogP contribution in [0.4, 0.5) is 23.1 Å². The minimum Gasteiger partial charge on any atom is -0.372 e. The number of rotatable bonds is 4. The number of benzene rings is 1. The van der Waals surface area contributed by atoms with Gasteiger partial charge in [0.25, 0.3) is 0 Å². The van der Waals surface area contributed by atoms with Crippen molar-refractivity contribution >= 4 is 23.1 Å². The first-order chi connectivity index (χ1) is 10.2. The van der Waals surface area contributed by atoms with E-state index in [1.165, 1.54) is 18.5 Å².